The lowest BCUT2D eigenvalue weighted by Crippen LogP contribution is -2.43. The number of halogens is 3. The summed E-state index contributed by atoms with van der Waals surface area (Å²) in [5, 5.41) is 8.64. The molecular formula is C23H22F3N3. The normalized spacial score (nSPS) is 16.0. The Morgan fingerprint density at radius 1 is 0.828 bits per heavy atom. The maximum absolute atomic E-state index is 13.1. The first-order chi connectivity index (χ1) is 14.0. The molecule has 4 rings (SSSR count). The monoisotopic (exact) mass is 397 g/mol. The number of alkyl halides is 3. The number of fused-ring (bicyclic) bond motifs is 1. The van der Waals surface area contributed by atoms with Crippen molar-refractivity contribution in [1.82, 2.24) is 9.91 Å². The van der Waals surface area contributed by atoms with Crippen LogP contribution in [0.3, 0.4) is 0 Å². The van der Waals surface area contributed by atoms with Gasteiger partial charge in [-0.15, -0.1) is 0 Å². The van der Waals surface area contributed by atoms with Crippen molar-refractivity contribution < 1.29 is 13.2 Å². The fraction of sp³-hybridized carbons (Fsp3) is 0.261. The quantitative estimate of drug-likeness (QED) is 0.577. The second-order valence-corrected chi connectivity index (χ2v) is 7.20. The summed E-state index contributed by atoms with van der Waals surface area (Å²) < 4.78 is 39.3. The van der Waals surface area contributed by atoms with Crippen molar-refractivity contribution in [3.8, 4) is 0 Å². The summed E-state index contributed by atoms with van der Waals surface area (Å²) in [6.07, 6.45) is -3.05. The third-order valence-corrected chi connectivity index (χ3v) is 5.25. The molecule has 29 heavy (non-hydrogen) atoms. The van der Waals surface area contributed by atoms with Crippen LogP contribution < -0.4 is 0 Å². The van der Waals surface area contributed by atoms with E-state index in [1.54, 1.807) is 6.07 Å². The van der Waals surface area contributed by atoms with Crippen molar-refractivity contribution in [1.29, 1.82) is 0 Å². The fourth-order valence-electron chi connectivity index (χ4n) is 3.69. The van der Waals surface area contributed by atoms with Gasteiger partial charge in [0.25, 0.3) is 0 Å². The van der Waals surface area contributed by atoms with Gasteiger partial charge in [-0.2, -0.15) is 18.3 Å². The molecule has 0 atom stereocenters. The lowest BCUT2D eigenvalue weighted by Gasteiger charge is -2.33. The van der Waals surface area contributed by atoms with Gasteiger partial charge in [-0.3, -0.25) is 9.91 Å². The van der Waals surface area contributed by atoms with Crippen LogP contribution in [0.15, 0.2) is 71.8 Å². The summed E-state index contributed by atoms with van der Waals surface area (Å²) in [6.45, 7) is 3.88. The molecule has 3 aromatic carbocycles. The first kappa shape index (κ1) is 19.5. The second kappa shape index (κ2) is 8.25. The van der Waals surface area contributed by atoms with E-state index in [-0.39, 0.29) is 5.56 Å². The molecule has 3 nitrogen and oxygen atoms in total. The van der Waals surface area contributed by atoms with Crippen LogP contribution in [0.4, 0.5) is 13.2 Å². The molecule has 1 aliphatic heterocycles. The Labute approximate surface area is 168 Å². The van der Waals surface area contributed by atoms with E-state index in [1.165, 1.54) is 34.7 Å². The molecule has 0 bridgehead atoms. The first-order valence-corrected chi connectivity index (χ1v) is 9.65. The van der Waals surface area contributed by atoms with Gasteiger partial charge in [-0.05, 0) is 22.4 Å². The Balaban J connectivity index is 1.38. The number of rotatable bonds is 4. The minimum atomic E-state index is -4.38. The van der Waals surface area contributed by atoms with E-state index in [0.717, 1.165) is 25.7 Å². The summed E-state index contributed by atoms with van der Waals surface area (Å²) in [4.78, 5) is 2.36. The topological polar surface area (TPSA) is 18.8 Å². The number of benzene rings is 3. The number of hydrogen-bond donors (Lipinski definition) is 0. The van der Waals surface area contributed by atoms with Crippen LogP contribution in [0, 0.1) is 0 Å². The fourth-order valence-corrected chi connectivity index (χ4v) is 3.69. The van der Waals surface area contributed by atoms with E-state index >= 15 is 0 Å². The van der Waals surface area contributed by atoms with Crippen molar-refractivity contribution in [2.75, 3.05) is 26.2 Å². The van der Waals surface area contributed by atoms with Crippen molar-refractivity contribution in [3.05, 3.63) is 83.4 Å². The maximum Gasteiger partial charge on any atom is 0.417 e. The lowest BCUT2D eigenvalue weighted by atomic mass is 10.0. The largest absolute Gasteiger partial charge is 0.417 e. The molecule has 1 saturated heterocycles. The molecule has 0 radical (unpaired) electrons. The molecule has 0 aromatic heterocycles. The third kappa shape index (κ3) is 4.59. The van der Waals surface area contributed by atoms with Crippen LogP contribution in [-0.4, -0.2) is 42.3 Å². The zero-order chi connectivity index (χ0) is 20.3. The molecule has 3 aromatic rings. The number of hydrazone groups is 1. The number of nitrogens with zero attached hydrogens (tertiary/aromatic N) is 3. The highest BCUT2D eigenvalue weighted by molar-refractivity contribution is 5.85. The zero-order valence-corrected chi connectivity index (χ0v) is 15.9. The van der Waals surface area contributed by atoms with Crippen LogP contribution in [0.1, 0.15) is 16.7 Å². The minimum absolute atomic E-state index is 0.0955. The molecule has 1 fully saturated rings. The van der Waals surface area contributed by atoms with Crippen LogP contribution in [-0.2, 0) is 12.7 Å². The van der Waals surface area contributed by atoms with E-state index in [9.17, 15) is 13.2 Å². The molecule has 0 unspecified atom stereocenters. The van der Waals surface area contributed by atoms with E-state index in [2.05, 4.69) is 46.4 Å². The van der Waals surface area contributed by atoms with E-state index in [4.69, 9.17) is 0 Å². The van der Waals surface area contributed by atoms with E-state index in [0.29, 0.717) is 13.1 Å². The average Bonchev–Trinajstić information content (AvgIpc) is 2.73. The lowest BCUT2D eigenvalue weighted by molar-refractivity contribution is -0.137. The van der Waals surface area contributed by atoms with Gasteiger partial charge in [0, 0.05) is 38.3 Å². The third-order valence-electron chi connectivity index (χ3n) is 5.25. The van der Waals surface area contributed by atoms with Crippen molar-refractivity contribution in [2.45, 2.75) is 12.7 Å². The minimum Gasteiger partial charge on any atom is -0.295 e. The second-order valence-electron chi connectivity index (χ2n) is 7.20. The van der Waals surface area contributed by atoms with Gasteiger partial charge in [-0.1, -0.05) is 60.7 Å². The van der Waals surface area contributed by atoms with Crippen molar-refractivity contribution in [3.63, 3.8) is 0 Å². The van der Waals surface area contributed by atoms with Crippen LogP contribution in [0.25, 0.3) is 10.8 Å². The average molecular weight is 397 g/mol. The summed E-state index contributed by atoms with van der Waals surface area (Å²) in [5.74, 6) is 0. The highest BCUT2D eigenvalue weighted by Crippen LogP contribution is 2.31. The smallest absolute Gasteiger partial charge is 0.295 e. The molecular weight excluding hydrogens is 375 g/mol. The van der Waals surface area contributed by atoms with Gasteiger partial charge < -0.3 is 0 Å². The van der Waals surface area contributed by atoms with E-state index in [1.807, 2.05) is 11.1 Å². The highest BCUT2D eigenvalue weighted by atomic mass is 19.4. The Kier molecular flexibility index (Phi) is 5.53. The first-order valence-electron chi connectivity index (χ1n) is 9.65. The van der Waals surface area contributed by atoms with Crippen LogP contribution in [0.2, 0.25) is 0 Å². The van der Waals surface area contributed by atoms with Crippen molar-refractivity contribution >= 4 is 17.0 Å². The van der Waals surface area contributed by atoms with E-state index < -0.39 is 11.7 Å². The summed E-state index contributed by atoms with van der Waals surface area (Å²) >= 11 is 0. The summed E-state index contributed by atoms with van der Waals surface area (Å²) in [6, 6.07) is 20.2. The highest BCUT2D eigenvalue weighted by Gasteiger charge is 2.32. The maximum atomic E-state index is 13.1. The predicted octanol–water partition coefficient (Wildman–Crippen LogP) is 5.01. The molecule has 0 amide bonds. The van der Waals surface area contributed by atoms with Gasteiger partial charge in [-0.25, -0.2) is 0 Å². The summed E-state index contributed by atoms with van der Waals surface area (Å²) in [5.41, 5.74) is 0.732. The Morgan fingerprint density at radius 2 is 1.52 bits per heavy atom. The molecule has 0 spiro atoms. The van der Waals surface area contributed by atoms with Gasteiger partial charge in [0.15, 0.2) is 0 Å². The Morgan fingerprint density at radius 3 is 2.31 bits per heavy atom. The standard InChI is InChI=1S/C23H22F3N3/c24-23(25,26)22-11-4-2-7-19(22)16-27-29-14-12-28(13-15-29)17-20-9-5-8-18-6-1-3-10-21(18)20/h1-11,16H,12-15,17H2. The number of piperazine rings is 1. The zero-order valence-electron chi connectivity index (χ0n) is 15.9. The molecule has 0 saturated carbocycles. The Bertz CT molecular complexity index is 1000. The molecule has 1 heterocycles. The SMILES string of the molecule is FC(F)(F)c1ccccc1C=NN1CCN(Cc2cccc3ccccc23)CC1. The Hall–Kier alpha value is -2.86. The molecule has 1 aliphatic rings. The van der Waals surface area contributed by atoms with Crippen molar-refractivity contribution in [2.24, 2.45) is 5.10 Å². The van der Waals surface area contributed by atoms with Gasteiger partial charge in [0.2, 0.25) is 0 Å². The number of hydrogen-bond acceptors (Lipinski definition) is 3. The molecule has 0 N–H and O–H groups in total. The van der Waals surface area contributed by atoms with Gasteiger partial charge in [0.1, 0.15) is 0 Å². The van der Waals surface area contributed by atoms with Crippen LogP contribution in [0.5, 0.6) is 0 Å². The van der Waals surface area contributed by atoms with Gasteiger partial charge in [0.05, 0.1) is 11.8 Å². The summed E-state index contributed by atoms with van der Waals surface area (Å²) in [7, 11) is 0. The van der Waals surface area contributed by atoms with Gasteiger partial charge >= 0.3 is 6.18 Å². The van der Waals surface area contributed by atoms with Crippen LogP contribution >= 0.6 is 0 Å². The molecule has 150 valence electrons. The molecule has 0 aliphatic carbocycles. The molecule has 6 heteroatoms. The predicted molar refractivity (Wildman–Crippen MR) is 110 cm³/mol.